The minimum atomic E-state index is -0.906. The van der Waals surface area contributed by atoms with Crippen LogP contribution >= 0.6 is 0 Å². The SMILES string of the molecule is CC(C)(C)C(=O)CN1CCN(CC(=O)O)CCN(CC(=O)O)CC1. The van der Waals surface area contributed by atoms with Crippen molar-refractivity contribution in [2.75, 3.05) is 58.9 Å². The van der Waals surface area contributed by atoms with Gasteiger partial charge < -0.3 is 10.2 Å². The van der Waals surface area contributed by atoms with E-state index in [1.165, 1.54) is 0 Å². The second-order valence-electron chi connectivity index (χ2n) is 7.29. The zero-order valence-corrected chi connectivity index (χ0v) is 14.8. The summed E-state index contributed by atoms with van der Waals surface area (Å²) in [6, 6.07) is 0. The van der Waals surface area contributed by atoms with Crippen LogP contribution in [0.25, 0.3) is 0 Å². The Morgan fingerprint density at radius 1 is 0.708 bits per heavy atom. The molecule has 0 aromatic heterocycles. The molecule has 0 atom stereocenters. The first-order chi connectivity index (χ1) is 11.1. The average Bonchev–Trinajstić information content (AvgIpc) is 2.51. The van der Waals surface area contributed by atoms with Crippen LogP contribution in [0.3, 0.4) is 0 Å². The number of aliphatic carboxylic acids is 2. The number of rotatable bonds is 6. The first-order valence-electron chi connectivity index (χ1n) is 8.22. The quantitative estimate of drug-likeness (QED) is 0.677. The molecule has 1 aliphatic rings. The topological polar surface area (TPSA) is 101 Å². The Bertz CT molecular complexity index is 433. The fraction of sp³-hybridized carbons (Fsp3) is 0.812. The lowest BCUT2D eigenvalue weighted by Crippen LogP contribution is -2.42. The smallest absolute Gasteiger partial charge is 0.317 e. The third-order valence-corrected chi connectivity index (χ3v) is 4.12. The molecule has 1 rings (SSSR count). The van der Waals surface area contributed by atoms with Crippen LogP contribution < -0.4 is 0 Å². The third kappa shape index (κ3) is 7.85. The van der Waals surface area contributed by atoms with Gasteiger partial charge in [-0.2, -0.15) is 0 Å². The van der Waals surface area contributed by atoms with E-state index >= 15 is 0 Å². The molecule has 138 valence electrons. The zero-order valence-electron chi connectivity index (χ0n) is 14.8. The van der Waals surface area contributed by atoms with Crippen LogP contribution in [0.4, 0.5) is 0 Å². The highest BCUT2D eigenvalue weighted by Gasteiger charge is 2.25. The number of carbonyl (C=O) groups excluding carboxylic acids is 1. The standard InChI is InChI=1S/C16H29N3O5/c1-16(2,3)13(20)10-17-4-6-18(11-14(21)22)8-9-19(7-5-17)12-15(23)24/h4-12H2,1-3H3,(H,21,22)(H,23,24). The number of carboxylic acids is 2. The van der Waals surface area contributed by atoms with Gasteiger partial charge in [0, 0.05) is 44.7 Å². The van der Waals surface area contributed by atoms with Crippen LogP contribution in [0.2, 0.25) is 0 Å². The Balaban J connectivity index is 2.76. The van der Waals surface area contributed by atoms with E-state index in [9.17, 15) is 14.4 Å². The predicted octanol–water partition coefficient (Wildman–Crippen LogP) is -0.310. The van der Waals surface area contributed by atoms with Crippen LogP contribution in [0, 0.1) is 5.41 Å². The molecule has 0 spiro atoms. The molecule has 0 radical (unpaired) electrons. The summed E-state index contributed by atoms with van der Waals surface area (Å²) in [5.41, 5.74) is -0.431. The molecule has 0 aromatic rings. The molecule has 0 aliphatic carbocycles. The molecule has 8 heteroatoms. The van der Waals surface area contributed by atoms with Crippen LogP contribution in [0.1, 0.15) is 20.8 Å². The van der Waals surface area contributed by atoms with Gasteiger partial charge in [-0.05, 0) is 0 Å². The fourth-order valence-electron chi connectivity index (χ4n) is 2.48. The van der Waals surface area contributed by atoms with E-state index in [1.807, 2.05) is 25.7 Å². The van der Waals surface area contributed by atoms with E-state index in [-0.39, 0.29) is 18.9 Å². The third-order valence-electron chi connectivity index (χ3n) is 4.12. The maximum Gasteiger partial charge on any atom is 0.317 e. The lowest BCUT2D eigenvalue weighted by atomic mass is 9.90. The molecule has 0 bridgehead atoms. The van der Waals surface area contributed by atoms with E-state index in [4.69, 9.17) is 10.2 Å². The molecule has 24 heavy (non-hydrogen) atoms. The lowest BCUT2D eigenvalue weighted by Gasteiger charge is -2.27. The number of carboxylic acid groups (broad SMARTS) is 2. The van der Waals surface area contributed by atoms with E-state index in [0.29, 0.717) is 45.8 Å². The second-order valence-corrected chi connectivity index (χ2v) is 7.29. The second kappa shape index (κ2) is 9.10. The number of nitrogens with zero attached hydrogens (tertiary/aromatic N) is 3. The molecule has 0 aromatic carbocycles. The molecule has 2 N–H and O–H groups in total. The Kier molecular flexibility index (Phi) is 7.78. The minimum absolute atomic E-state index is 0.0814. The van der Waals surface area contributed by atoms with Crippen molar-refractivity contribution in [3.63, 3.8) is 0 Å². The van der Waals surface area contributed by atoms with E-state index in [2.05, 4.69) is 0 Å². The highest BCUT2D eigenvalue weighted by molar-refractivity contribution is 5.85. The van der Waals surface area contributed by atoms with E-state index in [0.717, 1.165) is 0 Å². The first kappa shape index (κ1) is 20.5. The van der Waals surface area contributed by atoms with Crippen molar-refractivity contribution in [3.05, 3.63) is 0 Å². The van der Waals surface area contributed by atoms with Gasteiger partial charge in [-0.1, -0.05) is 20.8 Å². The van der Waals surface area contributed by atoms with Crippen LogP contribution in [0.15, 0.2) is 0 Å². The van der Waals surface area contributed by atoms with Crippen LogP contribution in [0.5, 0.6) is 0 Å². The lowest BCUT2D eigenvalue weighted by molar-refractivity contribution is -0.140. The van der Waals surface area contributed by atoms with Gasteiger partial charge in [0.2, 0.25) is 0 Å². The number of Topliss-reactive ketones (excluding diaryl/α,β-unsaturated/α-hetero) is 1. The van der Waals surface area contributed by atoms with Gasteiger partial charge in [0.15, 0.2) is 5.78 Å². The monoisotopic (exact) mass is 343 g/mol. The van der Waals surface area contributed by atoms with Crippen molar-refractivity contribution in [2.45, 2.75) is 20.8 Å². The minimum Gasteiger partial charge on any atom is -0.480 e. The summed E-state index contributed by atoms with van der Waals surface area (Å²) in [5, 5.41) is 18.0. The summed E-state index contributed by atoms with van der Waals surface area (Å²) in [4.78, 5) is 39.8. The molecule has 0 unspecified atom stereocenters. The largest absolute Gasteiger partial charge is 0.480 e. The zero-order chi connectivity index (χ0) is 18.3. The summed E-state index contributed by atoms with van der Waals surface area (Å²) in [6.45, 7) is 9.04. The highest BCUT2D eigenvalue weighted by Crippen LogP contribution is 2.15. The van der Waals surface area contributed by atoms with Gasteiger partial charge in [-0.25, -0.2) is 0 Å². The Morgan fingerprint density at radius 3 is 1.25 bits per heavy atom. The Morgan fingerprint density at radius 2 is 1.00 bits per heavy atom. The van der Waals surface area contributed by atoms with Gasteiger partial charge in [0.1, 0.15) is 0 Å². The predicted molar refractivity (Wildman–Crippen MR) is 89.1 cm³/mol. The molecule has 1 saturated heterocycles. The molecular weight excluding hydrogens is 314 g/mol. The molecule has 1 heterocycles. The van der Waals surface area contributed by atoms with Crippen molar-refractivity contribution < 1.29 is 24.6 Å². The van der Waals surface area contributed by atoms with Gasteiger partial charge in [0.05, 0.1) is 19.6 Å². The van der Waals surface area contributed by atoms with Crippen LogP contribution in [-0.4, -0.2) is 102 Å². The van der Waals surface area contributed by atoms with Crippen molar-refractivity contribution >= 4 is 17.7 Å². The first-order valence-corrected chi connectivity index (χ1v) is 8.22. The molecule has 1 fully saturated rings. The van der Waals surface area contributed by atoms with Gasteiger partial charge in [0.25, 0.3) is 0 Å². The summed E-state index contributed by atoms with van der Waals surface area (Å²) in [7, 11) is 0. The van der Waals surface area contributed by atoms with Gasteiger partial charge in [-0.3, -0.25) is 29.1 Å². The highest BCUT2D eigenvalue weighted by atomic mass is 16.4. The number of hydrogen-bond donors (Lipinski definition) is 2. The summed E-state index contributed by atoms with van der Waals surface area (Å²) < 4.78 is 0. The normalized spacial score (nSPS) is 19.3. The Labute approximate surface area is 143 Å². The van der Waals surface area contributed by atoms with Crippen molar-refractivity contribution in [3.8, 4) is 0 Å². The van der Waals surface area contributed by atoms with Crippen LogP contribution in [-0.2, 0) is 14.4 Å². The average molecular weight is 343 g/mol. The summed E-state index contributed by atoms with van der Waals surface area (Å²) in [5.74, 6) is -1.69. The van der Waals surface area contributed by atoms with E-state index < -0.39 is 17.4 Å². The maximum atomic E-state index is 12.3. The fourth-order valence-corrected chi connectivity index (χ4v) is 2.48. The molecule has 8 nitrogen and oxygen atoms in total. The number of carbonyl (C=O) groups is 3. The maximum absolute atomic E-state index is 12.3. The van der Waals surface area contributed by atoms with Gasteiger partial charge in [-0.15, -0.1) is 0 Å². The summed E-state index contributed by atoms with van der Waals surface area (Å²) >= 11 is 0. The van der Waals surface area contributed by atoms with Crippen molar-refractivity contribution in [1.82, 2.24) is 14.7 Å². The molecule has 0 saturated carbocycles. The Hall–Kier alpha value is -1.51. The molecular formula is C16H29N3O5. The van der Waals surface area contributed by atoms with E-state index in [1.54, 1.807) is 9.80 Å². The van der Waals surface area contributed by atoms with Crippen molar-refractivity contribution in [1.29, 1.82) is 0 Å². The molecule has 0 amide bonds. The molecule has 1 aliphatic heterocycles. The number of ketones is 1. The van der Waals surface area contributed by atoms with Crippen molar-refractivity contribution in [2.24, 2.45) is 5.41 Å². The van der Waals surface area contributed by atoms with Gasteiger partial charge >= 0.3 is 11.9 Å². The number of hydrogen-bond acceptors (Lipinski definition) is 6. The summed E-state index contributed by atoms with van der Waals surface area (Å²) in [6.07, 6.45) is 0.